The first-order valence-corrected chi connectivity index (χ1v) is 1.32. The van der Waals surface area contributed by atoms with E-state index in [0.29, 0.717) is 13.1 Å². The van der Waals surface area contributed by atoms with E-state index in [9.17, 15) is 0 Å². The molecule has 8 heavy (non-hydrogen) atoms. The number of nitrogens with two attached hydrogens (primary N) is 2. The van der Waals surface area contributed by atoms with Crippen LogP contribution >= 0.6 is 0 Å². The predicted octanol–water partition coefficient (Wildman–Crippen LogP) is -1.11. The molecular formula is C2H8Fe4N2+12. The van der Waals surface area contributed by atoms with Crippen molar-refractivity contribution in [1.82, 2.24) is 0 Å². The Morgan fingerprint density at radius 3 is 0.750 bits per heavy atom. The number of rotatable bonds is 1. The Kier molecular flexibility index (Phi) is 146. The molecule has 0 aliphatic rings. The predicted molar refractivity (Wildman–Crippen MR) is 18.1 cm³/mol. The maximum absolute atomic E-state index is 4.90. The fourth-order valence-corrected chi connectivity index (χ4v) is 0. The first kappa shape index (κ1) is 32.4. The molecule has 0 aromatic rings. The van der Waals surface area contributed by atoms with Gasteiger partial charge in [0.05, 0.1) is 0 Å². The van der Waals surface area contributed by atoms with Crippen molar-refractivity contribution in [2.24, 2.45) is 11.5 Å². The summed E-state index contributed by atoms with van der Waals surface area (Å²) in [7, 11) is 0. The van der Waals surface area contributed by atoms with Crippen LogP contribution in [0.4, 0.5) is 0 Å². The van der Waals surface area contributed by atoms with E-state index < -0.39 is 0 Å². The maximum Gasteiger partial charge on any atom is 3.00 e. The minimum atomic E-state index is 0. The number of hydrogen-bond acceptors (Lipinski definition) is 2. The van der Waals surface area contributed by atoms with E-state index in [1.807, 2.05) is 0 Å². The fourth-order valence-electron chi connectivity index (χ4n) is 0. The van der Waals surface area contributed by atoms with Crippen LogP contribution in [-0.2, 0) is 68.3 Å². The Balaban J connectivity index is -0.00000000750. The molecule has 0 heterocycles. The molecule has 0 atom stereocenters. The van der Waals surface area contributed by atoms with Crippen LogP contribution < -0.4 is 11.5 Å². The summed E-state index contributed by atoms with van der Waals surface area (Å²) in [4.78, 5) is 0. The van der Waals surface area contributed by atoms with Crippen molar-refractivity contribution in [3.8, 4) is 0 Å². The quantitative estimate of drug-likeness (QED) is 0.600. The van der Waals surface area contributed by atoms with Crippen LogP contribution in [0, 0.1) is 0 Å². The molecule has 0 rings (SSSR count). The minimum absolute atomic E-state index is 0. The third kappa shape index (κ3) is 43.6. The van der Waals surface area contributed by atoms with Crippen LogP contribution in [0.3, 0.4) is 0 Å². The summed E-state index contributed by atoms with van der Waals surface area (Å²) in [5.41, 5.74) is 9.81. The third-order valence-electron chi connectivity index (χ3n) is 0.167. The van der Waals surface area contributed by atoms with Gasteiger partial charge in [-0.25, -0.2) is 0 Å². The van der Waals surface area contributed by atoms with Crippen LogP contribution in [0.2, 0.25) is 0 Å². The molecule has 0 aromatic heterocycles. The average Bonchev–Trinajstić information content (AvgIpc) is 1.37. The maximum atomic E-state index is 4.90. The summed E-state index contributed by atoms with van der Waals surface area (Å²) in [5.74, 6) is 0. The molecule has 6 heteroatoms. The van der Waals surface area contributed by atoms with E-state index in [0.717, 1.165) is 0 Å². The molecule has 0 aliphatic carbocycles. The Labute approximate surface area is 92.2 Å². The van der Waals surface area contributed by atoms with Crippen molar-refractivity contribution < 1.29 is 68.3 Å². The second kappa shape index (κ2) is 36.0. The molecule has 4 radical (unpaired) electrons. The van der Waals surface area contributed by atoms with Gasteiger partial charge in [0.1, 0.15) is 0 Å². The van der Waals surface area contributed by atoms with Crippen molar-refractivity contribution in [2.45, 2.75) is 0 Å². The second-order valence-electron chi connectivity index (χ2n) is 0.577. The summed E-state index contributed by atoms with van der Waals surface area (Å²) in [6, 6.07) is 0. The summed E-state index contributed by atoms with van der Waals surface area (Å²) < 4.78 is 0. The zero-order valence-corrected chi connectivity index (χ0v) is 8.40. The van der Waals surface area contributed by atoms with Gasteiger partial charge in [0, 0.05) is 13.1 Å². The molecule has 2 nitrogen and oxygen atoms in total. The van der Waals surface area contributed by atoms with Gasteiger partial charge >= 0.3 is 68.3 Å². The third-order valence-corrected chi connectivity index (χ3v) is 0.167. The minimum Gasteiger partial charge on any atom is -0.329 e. The van der Waals surface area contributed by atoms with Gasteiger partial charge in [0.15, 0.2) is 0 Å². The van der Waals surface area contributed by atoms with E-state index in [-0.39, 0.29) is 68.3 Å². The van der Waals surface area contributed by atoms with Gasteiger partial charge in [-0.2, -0.15) is 0 Å². The van der Waals surface area contributed by atoms with Crippen molar-refractivity contribution in [1.29, 1.82) is 0 Å². The van der Waals surface area contributed by atoms with Gasteiger partial charge in [0.2, 0.25) is 0 Å². The van der Waals surface area contributed by atoms with Gasteiger partial charge in [-0.05, 0) is 0 Å². The Morgan fingerprint density at radius 2 is 0.750 bits per heavy atom. The van der Waals surface area contributed by atoms with Gasteiger partial charge in [-0.3, -0.25) is 0 Å². The van der Waals surface area contributed by atoms with Crippen LogP contribution in [0.15, 0.2) is 0 Å². The SMILES string of the molecule is NCCN.[Fe+3].[Fe+3].[Fe+3].[Fe+3]. The van der Waals surface area contributed by atoms with Crippen LogP contribution in [0.5, 0.6) is 0 Å². The molecular weight excluding hydrogens is 275 g/mol. The number of hydrogen-bond donors (Lipinski definition) is 2. The van der Waals surface area contributed by atoms with Crippen LogP contribution in [0.25, 0.3) is 0 Å². The van der Waals surface area contributed by atoms with Gasteiger partial charge in [-0.15, -0.1) is 0 Å². The molecule has 0 spiro atoms. The molecule has 0 unspecified atom stereocenters. The molecule has 0 aliphatic heterocycles. The van der Waals surface area contributed by atoms with E-state index >= 15 is 0 Å². The largest absolute Gasteiger partial charge is 3.00 e. The smallest absolute Gasteiger partial charge is 0.329 e. The van der Waals surface area contributed by atoms with Crippen molar-refractivity contribution in [3.05, 3.63) is 0 Å². The molecule has 0 aromatic carbocycles. The zero-order chi connectivity index (χ0) is 3.41. The first-order chi connectivity index (χ1) is 1.91. The second-order valence-corrected chi connectivity index (χ2v) is 0.577. The normalized spacial score (nSPS) is 3.75. The van der Waals surface area contributed by atoms with E-state index in [1.54, 1.807) is 0 Å². The zero-order valence-electron chi connectivity index (χ0n) is 3.98. The summed E-state index contributed by atoms with van der Waals surface area (Å²) in [6.07, 6.45) is 0. The molecule has 0 amide bonds. The monoisotopic (exact) mass is 284 g/mol. The first-order valence-electron chi connectivity index (χ1n) is 1.32. The molecule has 0 saturated heterocycles. The Bertz CT molecular complexity index is 14.0. The van der Waals surface area contributed by atoms with Gasteiger partial charge in [0.25, 0.3) is 0 Å². The van der Waals surface area contributed by atoms with E-state index in [1.165, 1.54) is 0 Å². The van der Waals surface area contributed by atoms with Crippen molar-refractivity contribution >= 4 is 0 Å². The van der Waals surface area contributed by atoms with Crippen molar-refractivity contribution in [2.75, 3.05) is 13.1 Å². The summed E-state index contributed by atoms with van der Waals surface area (Å²) in [6.45, 7) is 1.19. The van der Waals surface area contributed by atoms with Gasteiger partial charge < -0.3 is 11.5 Å². The molecule has 0 bridgehead atoms. The Morgan fingerprint density at radius 1 is 0.625 bits per heavy atom. The molecule has 4 N–H and O–H groups in total. The van der Waals surface area contributed by atoms with E-state index in [4.69, 9.17) is 11.5 Å². The average molecular weight is 283 g/mol. The summed E-state index contributed by atoms with van der Waals surface area (Å²) >= 11 is 0. The molecule has 46 valence electrons. The topological polar surface area (TPSA) is 52.0 Å². The summed E-state index contributed by atoms with van der Waals surface area (Å²) in [5, 5.41) is 0. The van der Waals surface area contributed by atoms with Crippen molar-refractivity contribution in [3.63, 3.8) is 0 Å². The van der Waals surface area contributed by atoms with Crippen LogP contribution in [0.1, 0.15) is 0 Å². The van der Waals surface area contributed by atoms with Crippen LogP contribution in [-0.4, -0.2) is 13.1 Å². The van der Waals surface area contributed by atoms with E-state index in [2.05, 4.69) is 0 Å². The van der Waals surface area contributed by atoms with Gasteiger partial charge in [-0.1, -0.05) is 0 Å². The fraction of sp³-hybridized carbons (Fsp3) is 1.00. The standard InChI is InChI=1S/C2H8N2.4Fe/c3-1-2-4;;;;/h1-4H2;;;;/q;4*+3. The molecule has 0 saturated carbocycles. The Hall–Kier alpha value is 2.00. The molecule has 0 fully saturated rings.